The molecule has 0 saturated heterocycles. The monoisotopic (exact) mass is 381 g/mol. The summed E-state index contributed by atoms with van der Waals surface area (Å²) in [5.74, 6) is -0.324. The van der Waals surface area contributed by atoms with Crippen molar-refractivity contribution >= 4 is 21.5 Å². The van der Waals surface area contributed by atoms with Crippen LogP contribution in [0.3, 0.4) is 0 Å². The fourth-order valence-corrected chi connectivity index (χ4v) is 3.66. The molecule has 0 aliphatic carbocycles. The fourth-order valence-electron chi connectivity index (χ4n) is 2.59. The lowest BCUT2D eigenvalue weighted by molar-refractivity contribution is 0.103. The molecule has 138 valence electrons. The Balaban J connectivity index is 2.06. The van der Waals surface area contributed by atoms with Crippen molar-refractivity contribution in [2.75, 3.05) is 4.72 Å². The number of sulfonamides is 1. The van der Waals surface area contributed by atoms with E-state index in [-0.39, 0.29) is 21.9 Å². The second kappa shape index (κ2) is 7.28. The van der Waals surface area contributed by atoms with Gasteiger partial charge in [0.1, 0.15) is 0 Å². The minimum absolute atomic E-state index is 0.135. The number of rotatable bonds is 5. The highest BCUT2D eigenvalue weighted by atomic mass is 32.2. The zero-order valence-electron chi connectivity index (χ0n) is 15.2. The molecule has 3 aromatic rings. The molecule has 0 fully saturated rings. The van der Waals surface area contributed by atoms with Crippen LogP contribution in [0.15, 0.2) is 59.8 Å². The van der Waals surface area contributed by atoms with Crippen molar-refractivity contribution in [3.63, 3.8) is 0 Å². The molecule has 0 amide bonds. The second-order valence-electron chi connectivity index (χ2n) is 6.36. The SMILES string of the molecule is Cc1ccc(S(=O)(=O)Nc2cc(C)c(C)cc2C(=O)c2ccnnc2)cc1. The third-order valence-electron chi connectivity index (χ3n) is 4.30. The molecule has 0 unspecified atom stereocenters. The van der Waals surface area contributed by atoms with E-state index in [1.807, 2.05) is 20.8 Å². The first-order valence-electron chi connectivity index (χ1n) is 8.30. The van der Waals surface area contributed by atoms with E-state index >= 15 is 0 Å². The predicted octanol–water partition coefficient (Wildman–Crippen LogP) is 3.43. The van der Waals surface area contributed by atoms with Crippen LogP contribution in [-0.4, -0.2) is 24.4 Å². The van der Waals surface area contributed by atoms with Crippen molar-refractivity contribution in [3.05, 3.63) is 82.7 Å². The summed E-state index contributed by atoms with van der Waals surface area (Å²) in [5, 5.41) is 7.39. The number of hydrogen-bond donors (Lipinski definition) is 1. The van der Waals surface area contributed by atoms with Gasteiger partial charge < -0.3 is 0 Å². The quantitative estimate of drug-likeness (QED) is 0.684. The number of benzene rings is 2. The number of hydrogen-bond acceptors (Lipinski definition) is 5. The van der Waals surface area contributed by atoms with Crippen molar-refractivity contribution in [2.45, 2.75) is 25.7 Å². The Morgan fingerprint density at radius 3 is 2.22 bits per heavy atom. The molecule has 6 nitrogen and oxygen atoms in total. The lowest BCUT2D eigenvalue weighted by Crippen LogP contribution is -2.16. The Hall–Kier alpha value is -3.06. The zero-order chi connectivity index (χ0) is 19.6. The second-order valence-corrected chi connectivity index (χ2v) is 8.04. The molecule has 0 spiro atoms. The van der Waals surface area contributed by atoms with E-state index in [1.165, 1.54) is 24.5 Å². The summed E-state index contributed by atoms with van der Waals surface area (Å²) in [6.07, 6.45) is 2.78. The predicted molar refractivity (Wildman–Crippen MR) is 103 cm³/mol. The summed E-state index contributed by atoms with van der Waals surface area (Å²) in [6, 6.07) is 11.4. The van der Waals surface area contributed by atoms with Gasteiger partial charge in [-0.25, -0.2) is 8.42 Å². The van der Waals surface area contributed by atoms with Gasteiger partial charge in [-0.15, -0.1) is 0 Å². The topological polar surface area (TPSA) is 89.0 Å². The van der Waals surface area contributed by atoms with Crippen LogP contribution in [0.5, 0.6) is 0 Å². The third-order valence-corrected chi connectivity index (χ3v) is 5.68. The van der Waals surface area contributed by atoms with Gasteiger partial charge in [-0.2, -0.15) is 10.2 Å². The van der Waals surface area contributed by atoms with Gasteiger partial charge in [0.15, 0.2) is 5.78 Å². The van der Waals surface area contributed by atoms with Crippen LogP contribution in [0.4, 0.5) is 5.69 Å². The van der Waals surface area contributed by atoms with Gasteiger partial charge in [0.25, 0.3) is 10.0 Å². The van der Waals surface area contributed by atoms with Crippen LogP contribution in [0.25, 0.3) is 0 Å². The maximum Gasteiger partial charge on any atom is 0.261 e. The number of aryl methyl sites for hydroxylation is 3. The van der Waals surface area contributed by atoms with Crippen molar-refractivity contribution in [3.8, 4) is 0 Å². The van der Waals surface area contributed by atoms with Crippen molar-refractivity contribution in [1.82, 2.24) is 10.2 Å². The lowest BCUT2D eigenvalue weighted by atomic mass is 9.98. The summed E-state index contributed by atoms with van der Waals surface area (Å²) in [7, 11) is -3.83. The number of nitrogens with zero attached hydrogens (tertiary/aromatic N) is 2. The highest BCUT2D eigenvalue weighted by Gasteiger charge is 2.21. The van der Waals surface area contributed by atoms with Crippen LogP contribution >= 0.6 is 0 Å². The minimum Gasteiger partial charge on any atom is -0.288 e. The fraction of sp³-hybridized carbons (Fsp3) is 0.150. The van der Waals surface area contributed by atoms with Crippen LogP contribution < -0.4 is 4.72 Å². The molecule has 2 aromatic carbocycles. The molecule has 0 atom stereocenters. The van der Waals surface area contributed by atoms with Crippen molar-refractivity contribution in [2.24, 2.45) is 0 Å². The van der Waals surface area contributed by atoms with Gasteiger partial charge in [0.2, 0.25) is 0 Å². The summed E-state index contributed by atoms with van der Waals surface area (Å²) in [4.78, 5) is 13.0. The summed E-state index contributed by atoms with van der Waals surface area (Å²) in [6.45, 7) is 5.61. The molecular formula is C20H19N3O3S. The first kappa shape index (κ1) is 18.7. The van der Waals surface area contributed by atoms with E-state index in [1.54, 1.807) is 30.3 Å². The Labute approximate surface area is 158 Å². The first-order valence-corrected chi connectivity index (χ1v) is 9.78. The maximum absolute atomic E-state index is 12.9. The number of aromatic nitrogens is 2. The molecule has 0 saturated carbocycles. The molecule has 1 aromatic heterocycles. The Bertz CT molecular complexity index is 1090. The van der Waals surface area contributed by atoms with E-state index in [4.69, 9.17) is 0 Å². The first-order chi connectivity index (χ1) is 12.8. The van der Waals surface area contributed by atoms with Gasteiger partial charge in [-0.3, -0.25) is 9.52 Å². The molecule has 0 aliphatic heterocycles. The molecule has 0 aliphatic rings. The number of ketones is 1. The van der Waals surface area contributed by atoms with E-state index in [0.29, 0.717) is 5.56 Å². The lowest BCUT2D eigenvalue weighted by Gasteiger charge is -2.15. The molecule has 1 N–H and O–H groups in total. The standard InChI is InChI=1S/C20H19N3O3S/c1-13-4-6-17(7-5-13)27(25,26)23-19-11-15(3)14(2)10-18(19)20(24)16-8-9-21-22-12-16/h4-12,23H,1-3H3. The molecule has 1 heterocycles. The normalized spacial score (nSPS) is 11.2. The van der Waals surface area contributed by atoms with Gasteiger partial charge in [0.05, 0.1) is 23.0 Å². The van der Waals surface area contributed by atoms with Crippen molar-refractivity contribution < 1.29 is 13.2 Å². The largest absolute Gasteiger partial charge is 0.288 e. The molecule has 0 bridgehead atoms. The average Bonchev–Trinajstić information content (AvgIpc) is 2.65. The van der Waals surface area contributed by atoms with E-state index in [0.717, 1.165) is 16.7 Å². The average molecular weight is 381 g/mol. The molecule has 27 heavy (non-hydrogen) atoms. The van der Waals surface area contributed by atoms with Gasteiger partial charge in [0, 0.05) is 11.1 Å². The number of carbonyl (C=O) groups is 1. The Morgan fingerprint density at radius 1 is 0.926 bits per heavy atom. The highest BCUT2D eigenvalue weighted by molar-refractivity contribution is 7.92. The minimum atomic E-state index is -3.83. The van der Waals surface area contributed by atoms with Crippen LogP contribution in [0.1, 0.15) is 32.6 Å². The van der Waals surface area contributed by atoms with E-state index in [2.05, 4.69) is 14.9 Å². The third kappa shape index (κ3) is 4.03. The number of carbonyl (C=O) groups excluding carboxylic acids is 1. The van der Waals surface area contributed by atoms with Crippen LogP contribution in [0, 0.1) is 20.8 Å². The summed E-state index contributed by atoms with van der Waals surface area (Å²) >= 11 is 0. The summed E-state index contributed by atoms with van der Waals surface area (Å²) < 4.78 is 28.1. The highest BCUT2D eigenvalue weighted by Crippen LogP contribution is 2.26. The summed E-state index contributed by atoms with van der Waals surface area (Å²) in [5.41, 5.74) is 3.56. The maximum atomic E-state index is 12.9. The zero-order valence-corrected chi connectivity index (χ0v) is 16.0. The van der Waals surface area contributed by atoms with Crippen LogP contribution in [0.2, 0.25) is 0 Å². The number of anilines is 1. The van der Waals surface area contributed by atoms with E-state index < -0.39 is 10.0 Å². The van der Waals surface area contributed by atoms with Crippen LogP contribution in [-0.2, 0) is 10.0 Å². The van der Waals surface area contributed by atoms with Gasteiger partial charge in [-0.1, -0.05) is 17.7 Å². The molecule has 7 heteroatoms. The molecule has 0 radical (unpaired) electrons. The molecular weight excluding hydrogens is 362 g/mol. The van der Waals surface area contributed by atoms with Gasteiger partial charge >= 0.3 is 0 Å². The smallest absolute Gasteiger partial charge is 0.261 e. The molecule has 3 rings (SSSR count). The number of nitrogens with one attached hydrogen (secondary N) is 1. The van der Waals surface area contributed by atoms with E-state index in [9.17, 15) is 13.2 Å². The van der Waals surface area contributed by atoms with Crippen molar-refractivity contribution in [1.29, 1.82) is 0 Å². The van der Waals surface area contributed by atoms with Gasteiger partial charge in [-0.05, 0) is 62.2 Å². The Kier molecular flexibility index (Phi) is 5.05. The Morgan fingerprint density at radius 2 is 1.59 bits per heavy atom.